The lowest BCUT2D eigenvalue weighted by atomic mass is 10.1. The number of piperazine rings is 1. The number of nitrogens with zero attached hydrogens (tertiary/aromatic N) is 5. The molecule has 0 atom stereocenters. The van der Waals surface area contributed by atoms with Crippen molar-refractivity contribution < 1.29 is 4.79 Å². The summed E-state index contributed by atoms with van der Waals surface area (Å²) in [4.78, 5) is 19.4. The summed E-state index contributed by atoms with van der Waals surface area (Å²) in [5.74, 6) is 0.653. The molecule has 2 aromatic carbocycles. The lowest BCUT2D eigenvalue weighted by Gasteiger charge is -2.37. The standard InChI is InChI=1S/C24H29ClN6O/c1-29(2)12-6-11-26-24(32)22-20-9-3-4-10-21(20)23(28-27-22)31-15-13-30(14-16-31)19-8-5-7-18(25)17-19/h3-5,7-10,17H,6,11-16H2,1-2H3,(H,26,32). The number of carbonyl (C=O) groups is 1. The maximum atomic E-state index is 12.8. The van der Waals surface area contributed by atoms with Crippen LogP contribution in [0.5, 0.6) is 0 Å². The van der Waals surface area contributed by atoms with Gasteiger partial charge in [0.15, 0.2) is 11.5 Å². The van der Waals surface area contributed by atoms with E-state index in [0.717, 1.165) is 66.4 Å². The van der Waals surface area contributed by atoms with Crippen molar-refractivity contribution in [2.75, 3.05) is 63.2 Å². The summed E-state index contributed by atoms with van der Waals surface area (Å²) in [5.41, 5.74) is 1.51. The molecule has 4 rings (SSSR count). The predicted molar refractivity (Wildman–Crippen MR) is 131 cm³/mol. The molecule has 1 aromatic heterocycles. The lowest BCUT2D eigenvalue weighted by Crippen LogP contribution is -2.47. The van der Waals surface area contributed by atoms with Gasteiger partial charge in [0.2, 0.25) is 0 Å². The molecule has 0 bridgehead atoms. The van der Waals surface area contributed by atoms with E-state index in [1.54, 1.807) is 0 Å². The molecule has 0 unspecified atom stereocenters. The number of rotatable bonds is 7. The summed E-state index contributed by atoms with van der Waals surface area (Å²) in [6, 6.07) is 15.8. The first-order chi connectivity index (χ1) is 15.5. The van der Waals surface area contributed by atoms with Crippen LogP contribution in [0.15, 0.2) is 48.5 Å². The van der Waals surface area contributed by atoms with Crippen molar-refractivity contribution in [3.05, 3.63) is 59.2 Å². The van der Waals surface area contributed by atoms with Crippen LogP contribution in [-0.2, 0) is 0 Å². The second-order valence-corrected chi connectivity index (χ2v) is 8.72. The minimum Gasteiger partial charge on any atom is -0.368 e. The Kier molecular flexibility index (Phi) is 7.07. The Bertz CT molecular complexity index is 1080. The van der Waals surface area contributed by atoms with Gasteiger partial charge in [0.1, 0.15) is 0 Å². The predicted octanol–water partition coefficient (Wildman–Crippen LogP) is 3.29. The van der Waals surface area contributed by atoms with Crippen molar-refractivity contribution in [1.29, 1.82) is 0 Å². The Balaban J connectivity index is 1.49. The third-order valence-electron chi connectivity index (χ3n) is 5.70. The molecule has 168 valence electrons. The van der Waals surface area contributed by atoms with Crippen molar-refractivity contribution in [2.24, 2.45) is 0 Å². The van der Waals surface area contributed by atoms with Crippen LogP contribution in [0.4, 0.5) is 11.5 Å². The Morgan fingerprint density at radius 3 is 2.44 bits per heavy atom. The number of nitrogens with one attached hydrogen (secondary N) is 1. The summed E-state index contributed by atoms with van der Waals surface area (Å²) < 4.78 is 0. The zero-order valence-corrected chi connectivity index (χ0v) is 19.3. The van der Waals surface area contributed by atoms with Crippen LogP contribution in [0.2, 0.25) is 5.02 Å². The second kappa shape index (κ2) is 10.1. The maximum absolute atomic E-state index is 12.8. The zero-order valence-electron chi connectivity index (χ0n) is 18.6. The number of anilines is 2. The van der Waals surface area contributed by atoms with Crippen LogP contribution in [0.1, 0.15) is 16.9 Å². The normalized spacial score (nSPS) is 14.2. The van der Waals surface area contributed by atoms with Gasteiger partial charge < -0.3 is 20.0 Å². The average Bonchev–Trinajstić information content (AvgIpc) is 2.81. The molecule has 0 aliphatic carbocycles. The van der Waals surface area contributed by atoms with E-state index >= 15 is 0 Å². The lowest BCUT2D eigenvalue weighted by molar-refractivity contribution is 0.0948. The van der Waals surface area contributed by atoms with Gasteiger partial charge >= 0.3 is 0 Å². The monoisotopic (exact) mass is 452 g/mol. The first-order valence-electron chi connectivity index (χ1n) is 11.0. The summed E-state index contributed by atoms with van der Waals surface area (Å²) >= 11 is 6.16. The fourth-order valence-corrected chi connectivity index (χ4v) is 4.21. The van der Waals surface area contributed by atoms with Gasteiger partial charge in [0, 0.05) is 54.2 Å². The minimum atomic E-state index is -0.176. The van der Waals surface area contributed by atoms with E-state index in [4.69, 9.17) is 11.6 Å². The Hall–Kier alpha value is -2.90. The second-order valence-electron chi connectivity index (χ2n) is 8.28. The van der Waals surface area contributed by atoms with Crippen molar-refractivity contribution in [1.82, 2.24) is 20.4 Å². The molecule has 1 fully saturated rings. The third-order valence-corrected chi connectivity index (χ3v) is 5.94. The summed E-state index contributed by atoms with van der Waals surface area (Å²) in [6.45, 7) is 4.91. The number of hydrogen-bond acceptors (Lipinski definition) is 6. The van der Waals surface area contributed by atoms with E-state index in [0.29, 0.717) is 12.2 Å². The number of amides is 1. The molecule has 1 aliphatic rings. The molecule has 0 radical (unpaired) electrons. The SMILES string of the molecule is CN(C)CCCNC(=O)c1nnc(N2CCN(c3cccc(Cl)c3)CC2)c2ccccc12. The van der Waals surface area contributed by atoms with Gasteiger partial charge in [0.25, 0.3) is 5.91 Å². The highest BCUT2D eigenvalue weighted by atomic mass is 35.5. The Labute approximate surface area is 194 Å². The van der Waals surface area contributed by atoms with Crippen LogP contribution >= 0.6 is 11.6 Å². The smallest absolute Gasteiger partial charge is 0.272 e. The molecular formula is C24H29ClN6O. The van der Waals surface area contributed by atoms with E-state index < -0.39 is 0 Å². The highest BCUT2D eigenvalue weighted by Gasteiger charge is 2.23. The van der Waals surface area contributed by atoms with Crippen LogP contribution in [-0.4, -0.2) is 74.4 Å². The molecule has 3 aromatic rings. The molecular weight excluding hydrogens is 424 g/mol. The van der Waals surface area contributed by atoms with Crippen molar-refractivity contribution >= 4 is 39.8 Å². The van der Waals surface area contributed by atoms with Crippen LogP contribution in [0.25, 0.3) is 10.8 Å². The van der Waals surface area contributed by atoms with E-state index in [2.05, 4.69) is 36.3 Å². The van der Waals surface area contributed by atoms with Gasteiger partial charge in [-0.15, -0.1) is 10.2 Å². The number of halogens is 1. The van der Waals surface area contributed by atoms with E-state index in [1.165, 1.54) is 0 Å². The highest BCUT2D eigenvalue weighted by Crippen LogP contribution is 2.28. The first kappa shape index (κ1) is 22.3. The van der Waals surface area contributed by atoms with Gasteiger partial charge in [0.05, 0.1) is 0 Å². The van der Waals surface area contributed by atoms with Crippen molar-refractivity contribution in [2.45, 2.75) is 6.42 Å². The largest absolute Gasteiger partial charge is 0.368 e. The van der Waals surface area contributed by atoms with E-state index in [-0.39, 0.29) is 5.91 Å². The molecule has 1 amide bonds. The quantitative estimate of drug-likeness (QED) is 0.555. The molecule has 8 heteroatoms. The molecule has 0 spiro atoms. The number of hydrogen-bond donors (Lipinski definition) is 1. The molecule has 32 heavy (non-hydrogen) atoms. The van der Waals surface area contributed by atoms with E-state index in [1.807, 2.05) is 56.6 Å². The number of fused-ring (bicyclic) bond motifs is 1. The Morgan fingerprint density at radius 2 is 1.72 bits per heavy atom. The van der Waals surface area contributed by atoms with Crippen molar-refractivity contribution in [3.63, 3.8) is 0 Å². The number of aromatic nitrogens is 2. The topological polar surface area (TPSA) is 64.6 Å². The van der Waals surface area contributed by atoms with Gasteiger partial charge in [-0.25, -0.2) is 0 Å². The Morgan fingerprint density at radius 1 is 1.00 bits per heavy atom. The molecule has 1 saturated heterocycles. The summed E-state index contributed by atoms with van der Waals surface area (Å²) in [6.07, 6.45) is 0.888. The molecule has 1 N–H and O–H groups in total. The molecule has 1 aliphatic heterocycles. The summed E-state index contributed by atoms with van der Waals surface area (Å²) in [5, 5.41) is 14.3. The van der Waals surface area contributed by atoms with Gasteiger partial charge in [-0.2, -0.15) is 0 Å². The minimum absolute atomic E-state index is 0.176. The van der Waals surface area contributed by atoms with Gasteiger partial charge in [-0.1, -0.05) is 41.9 Å². The van der Waals surface area contributed by atoms with Crippen LogP contribution < -0.4 is 15.1 Å². The van der Waals surface area contributed by atoms with Gasteiger partial charge in [-0.05, 0) is 45.3 Å². The van der Waals surface area contributed by atoms with Crippen LogP contribution in [0, 0.1) is 0 Å². The van der Waals surface area contributed by atoms with Gasteiger partial charge in [-0.3, -0.25) is 4.79 Å². The first-order valence-corrected chi connectivity index (χ1v) is 11.3. The molecule has 0 saturated carbocycles. The third kappa shape index (κ3) is 5.11. The molecule has 7 nitrogen and oxygen atoms in total. The van der Waals surface area contributed by atoms with Crippen LogP contribution in [0.3, 0.4) is 0 Å². The fourth-order valence-electron chi connectivity index (χ4n) is 4.02. The fraction of sp³-hybridized carbons (Fsp3) is 0.375. The highest BCUT2D eigenvalue weighted by molar-refractivity contribution is 6.30. The number of benzene rings is 2. The summed E-state index contributed by atoms with van der Waals surface area (Å²) in [7, 11) is 4.04. The molecule has 2 heterocycles. The number of carbonyl (C=O) groups excluding carboxylic acids is 1. The maximum Gasteiger partial charge on any atom is 0.272 e. The van der Waals surface area contributed by atoms with Crippen molar-refractivity contribution in [3.8, 4) is 0 Å². The van der Waals surface area contributed by atoms with E-state index in [9.17, 15) is 4.79 Å². The zero-order chi connectivity index (χ0) is 22.5. The average molecular weight is 453 g/mol.